The lowest BCUT2D eigenvalue weighted by molar-refractivity contribution is 0.102. The summed E-state index contributed by atoms with van der Waals surface area (Å²) in [6.07, 6.45) is 4.91. The molecule has 156 valence electrons. The Bertz CT molecular complexity index is 1310. The van der Waals surface area contributed by atoms with Crippen molar-refractivity contribution in [1.29, 1.82) is 0 Å². The molecule has 0 atom stereocenters. The second-order valence-electron chi connectivity index (χ2n) is 6.74. The van der Waals surface area contributed by atoms with Crippen LogP contribution in [0.3, 0.4) is 0 Å². The Morgan fingerprint density at radius 2 is 1.62 bits per heavy atom. The molecule has 0 spiro atoms. The van der Waals surface area contributed by atoms with Crippen LogP contribution in [-0.2, 0) is 0 Å². The summed E-state index contributed by atoms with van der Waals surface area (Å²) in [6, 6.07) is 22.1. The molecular formula is C22H17N9O. The van der Waals surface area contributed by atoms with Gasteiger partial charge in [0.15, 0.2) is 17.3 Å². The van der Waals surface area contributed by atoms with Crippen LogP contribution in [0.5, 0.6) is 0 Å². The number of rotatable bonds is 6. The van der Waals surface area contributed by atoms with Crippen molar-refractivity contribution in [1.82, 2.24) is 35.0 Å². The smallest absolute Gasteiger partial charge is 0.277 e. The molecule has 0 saturated heterocycles. The van der Waals surface area contributed by atoms with E-state index in [1.54, 1.807) is 29.2 Å². The number of hydrogen-bond acceptors (Lipinski definition) is 7. The Hall–Kier alpha value is -4.86. The van der Waals surface area contributed by atoms with Crippen molar-refractivity contribution in [2.75, 3.05) is 10.6 Å². The molecule has 5 aromatic rings. The normalized spacial score (nSPS) is 10.6. The second-order valence-corrected chi connectivity index (χ2v) is 6.74. The molecular weight excluding hydrogens is 406 g/mol. The quantitative estimate of drug-likeness (QED) is 0.431. The topological polar surface area (TPSA) is 115 Å². The average Bonchev–Trinajstić information content (AvgIpc) is 3.54. The largest absolute Gasteiger partial charge is 0.339 e. The predicted octanol–water partition coefficient (Wildman–Crippen LogP) is 3.24. The van der Waals surface area contributed by atoms with E-state index in [1.807, 2.05) is 60.7 Å². The van der Waals surface area contributed by atoms with Crippen LogP contribution in [0.1, 0.15) is 10.5 Å². The van der Waals surface area contributed by atoms with E-state index in [0.717, 1.165) is 11.4 Å². The lowest BCUT2D eigenvalue weighted by atomic mass is 10.2. The molecule has 0 saturated carbocycles. The zero-order chi connectivity index (χ0) is 21.8. The summed E-state index contributed by atoms with van der Waals surface area (Å²) in [7, 11) is 0. The highest BCUT2D eigenvalue weighted by molar-refractivity contribution is 6.02. The summed E-state index contributed by atoms with van der Waals surface area (Å²) in [5.74, 6) is 0.881. The molecule has 0 aliphatic heterocycles. The third kappa shape index (κ3) is 4.19. The fraction of sp³-hybridized carbons (Fsp3) is 0. The Labute approximate surface area is 182 Å². The summed E-state index contributed by atoms with van der Waals surface area (Å²) in [5, 5.41) is 26.8. The second kappa shape index (κ2) is 8.48. The van der Waals surface area contributed by atoms with Crippen molar-refractivity contribution < 1.29 is 4.79 Å². The minimum Gasteiger partial charge on any atom is -0.339 e. The molecule has 10 heteroatoms. The van der Waals surface area contributed by atoms with Gasteiger partial charge in [0, 0.05) is 23.8 Å². The maximum absolute atomic E-state index is 12.5. The minimum atomic E-state index is -0.340. The van der Waals surface area contributed by atoms with Gasteiger partial charge in [0.05, 0.1) is 11.9 Å². The number of carbonyl (C=O) groups excluding carboxylic acids is 1. The van der Waals surface area contributed by atoms with Gasteiger partial charge in [-0.25, -0.2) is 4.68 Å². The molecule has 3 heterocycles. The maximum Gasteiger partial charge on any atom is 0.277 e. The third-order valence-electron chi connectivity index (χ3n) is 4.52. The molecule has 0 fully saturated rings. The molecule has 0 bridgehead atoms. The van der Waals surface area contributed by atoms with E-state index in [9.17, 15) is 4.79 Å². The lowest BCUT2D eigenvalue weighted by Gasteiger charge is -2.08. The lowest BCUT2D eigenvalue weighted by Crippen LogP contribution is -2.13. The van der Waals surface area contributed by atoms with Gasteiger partial charge in [-0.3, -0.25) is 4.79 Å². The number of anilines is 3. The first-order chi connectivity index (χ1) is 15.7. The van der Waals surface area contributed by atoms with Crippen molar-refractivity contribution in [3.63, 3.8) is 0 Å². The van der Waals surface area contributed by atoms with Crippen LogP contribution < -0.4 is 10.6 Å². The number of hydrogen-bond donors (Lipinski definition) is 2. The fourth-order valence-electron chi connectivity index (χ4n) is 2.95. The van der Waals surface area contributed by atoms with E-state index in [0.29, 0.717) is 17.3 Å². The van der Waals surface area contributed by atoms with Gasteiger partial charge >= 0.3 is 0 Å². The van der Waals surface area contributed by atoms with Crippen LogP contribution in [-0.4, -0.2) is 40.9 Å². The predicted molar refractivity (Wildman–Crippen MR) is 118 cm³/mol. The highest BCUT2D eigenvalue weighted by atomic mass is 16.2. The first-order valence-electron chi connectivity index (χ1n) is 9.74. The van der Waals surface area contributed by atoms with Crippen LogP contribution in [0.15, 0.2) is 91.4 Å². The molecule has 0 unspecified atom stereocenters. The number of para-hydroxylation sites is 1. The van der Waals surface area contributed by atoms with E-state index < -0.39 is 0 Å². The fourth-order valence-corrected chi connectivity index (χ4v) is 2.95. The van der Waals surface area contributed by atoms with Crippen LogP contribution in [0.4, 0.5) is 17.2 Å². The number of amides is 1. The molecule has 3 aromatic heterocycles. The molecule has 0 radical (unpaired) electrons. The SMILES string of the molecule is O=C(Nc1ccc(Nc2ccc(-n3cccn3)nn2)cc1)c1cnn(-c2ccccc2)n1. The van der Waals surface area contributed by atoms with Gasteiger partial charge in [0.2, 0.25) is 0 Å². The standard InChI is InChI=1S/C22H17N9O/c32-22(19-15-24-31(29-19)18-5-2-1-3-6-18)26-17-9-7-16(8-10-17)25-20-11-12-21(28-27-20)30-14-4-13-23-30/h1-15H,(H,25,27)(H,26,32). The van der Waals surface area contributed by atoms with E-state index in [-0.39, 0.29) is 11.6 Å². The average molecular weight is 423 g/mol. The number of nitrogens with zero attached hydrogens (tertiary/aromatic N) is 7. The van der Waals surface area contributed by atoms with Crippen molar-refractivity contribution >= 4 is 23.1 Å². The monoisotopic (exact) mass is 423 g/mol. The zero-order valence-electron chi connectivity index (χ0n) is 16.7. The first kappa shape index (κ1) is 19.1. The molecule has 1 amide bonds. The van der Waals surface area contributed by atoms with Crippen molar-refractivity contribution in [3.05, 3.63) is 97.1 Å². The van der Waals surface area contributed by atoms with Gasteiger partial charge in [-0.05, 0) is 54.6 Å². The summed E-state index contributed by atoms with van der Waals surface area (Å²) < 4.78 is 1.63. The van der Waals surface area contributed by atoms with Crippen LogP contribution in [0.2, 0.25) is 0 Å². The van der Waals surface area contributed by atoms with Crippen molar-refractivity contribution in [2.45, 2.75) is 0 Å². The molecule has 2 N–H and O–H groups in total. The Balaban J connectivity index is 1.21. The van der Waals surface area contributed by atoms with Gasteiger partial charge < -0.3 is 10.6 Å². The summed E-state index contributed by atoms with van der Waals surface area (Å²) in [6.45, 7) is 0. The Morgan fingerprint density at radius 3 is 2.34 bits per heavy atom. The summed E-state index contributed by atoms with van der Waals surface area (Å²) >= 11 is 0. The zero-order valence-corrected chi connectivity index (χ0v) is 16.7. The van der Waals surface area contributed by atoms with Crippen LogP contribution in [0, 0.1) is 0 Å². The third-order valence-corrected chi connectivity index (χ3v) is 4.52. The van der Waals surface area contributed by atoms with Gasteiger partial charge in [0.1, 0.15) is 0 Å². The molecule has 2 aromatic carbocycles. The van der Waals surface area contributed by atoms with Gasteiger partial charge in [-0.1, -0.05) is 18.2 Å². The highest BCUT2D eigenvalue weighted by Crippen LogP contribution is 2.18. The minimum absolute atomic E-state index is 0.226. The Kier molecular flexibility index (Phi) is 5.07. The van der Waals surface area contributed by atoms with Crippen LogP contribution in [0.25, 0.3) is 11.5 Å². The number of nitrogens with one attached hydrogen (secondary N) is 2. The molecule has 10 nitrogen and oxygen atoms in total. The molecule has 0 aliphatic rings. The molecule has 0 aliphatic carbocycles. The van der Waals surface area contributed by atoms with Gasteiger partial charge in [-0.15, -0.1) is 15.3 Å². The van der Waals surface area contributed by atoms with Crippen molar-refractivity contribution in [2.24, 2.45) is 0 Å². The maximum atomic E-state index is 12.5. The van der Waals surface area contributed by atoms with Crippen molar-refractivity contribution in [3.8, 4) is 11.5 Å². The van der Waals surface area contributed by atoms with Gasteiger partial charge in [-0.2, -0.15) is 15.0 Å². The highest BCUT2D eigenvalue weighted by Gasteiger charge is 2.12. The van der Waals surface area contributed by atoms with Crippen LogP contribution >= 0.6 is 0 Å². The first-order valence-corrected chi connectivity index (χ1v) is 9.74. The van der Waals surface area contributed by atoms with E-state index in [1.165, 1.54) is 11.0 Å². The molecule has 5 rings (SSSR count). The van der Waals surface area contributed by atoms with E-state index >= 15 is 0 Å². The number of carbonyl (C=O) groups is 1. The Morgan fingerprint density at radius 1 is 0.812 bits per heavy atom. The van der Waals surface area contributed by atoms with E-state index in [4.69, 9.17) is 0 Å². The van der Waals surface area contributed by atoms with Gasteiger partial charge in [0.25, 0.3) is 5.91 Å². The van der Waals surface area contributed by atoms with E-state index in [2.05, 4.69) is 36.1 Å². The number of aromatic nitrogens is 7. The summed E-state index contributed by atoms with van der Waals surface area (Å²) in [4.78, 5) is 13.9. The summed E-state index contributed by atoms with van der Waals surface area (Å²) in [5.41, 5.74) is 2.44. The number of benzene rings is 2. The molecule has 32 heavy (non-hydrogen) atoms.